The molecule has 2 rings (SSSR count). The van der Waals surface area contributed by atoms with E-state index in [1.165, 1.54) is 47.7 Å². The molecule has 3 N–H and O–H groups in total. The van der Waals surface area contributed by atoms with Gasteiger partial charge in [0.25, 0.3) is 0 Å². The maximum atomic E-state index is 9.48. The van der Waals surface area contributed by atoms with E-state index >= 15 is 0 Å². The Balaban J connectivity index is 1.90. The van der Waals surface area contributed by atoms with Crippen molar-refractivity contribution in [3.05, 3.63) is 15.6 Å². The van der Waals surface area contributed by atoms with Gasteiger partial charge in [0, 0.05) is 37.5 Å². The van der Waals surface area contributed by atoms with Crippen molar-refractivity contribution in [3.8, 4) is 0 Å². The molecule has 0 saturated heterocycles. The van der Waals surface area contributed by atoms with E-state index in [-0.39, 0.29) is 12.0 Å². The van der Waals surface area contributed by atoms with Crippen LogP contribution in [0.1, 0.15) is 68.0 Å². The molecule has 0 atom stereocenters. The van der Waals surface area contributed by atoms with Crippen molar-refractivity contribution in [2.45, 2.75) is 72.1 Å². The van der Waals surface area contributed by atoms with Crippen LogP contribution in [-0.4, -0.2) is 42.3 Å². The van der Waals surface area contributed by atoms with Crippen molar-refractivity contribution < 1.29 is 5.11 Å². The number of aliphatic hydroxyl groups excluding tert-OH is 1. The number of aromatic nitrogens is 1. The lowest BCUT2D eigenvalue weighted by Crippen LogP contribution is -2.40. The number of nitrogens with zero attached hydrogens (tertiary/aromatic N) is 2. The second kappa shape index (κ2) is 10.9. The van der Waals surface area contributed by atoms with E-state index < -0.39 is 0 Å². The first-order chi connectivity index (χ1) is 12.6. The van der Waals surface area contributed by atoms with Gasteiger partial charge in [-0.1, -0.05) is 26.2 Å². The molecule has 26 heavy (non-hydrogen) atoms. The van der Waals surface area contributed by atoms with E-state index in [2.05, 4.69) is 31.4 Å². The van der Waals surface area contributed by atoms with Gasteiger partial charge in [-0.05, 0) is 44.9 Å². The molecule has 1 saturated carbocycles. The summed E-state index contributed by atoms with van der Waals surface area (Å²) >= 11 is 1.81. The van der Waals surface area contributed by atoms with Crippen molar-refractivity contribution in [2.75, 3.05) is 26.2 Å². The minimum absolute atomic E-state index is 0.192. The Bertz CT molecular complexity index is 559. The van der Waals surface area contributed by atoms with Crippen LogP contribution in [-0.2, 0) is 12.8 Å². The number of hydrogen-bond acceptors (Lipinski definition) is 4. The summed E-state index contributed by atoms with van der Waals surface area (Å²) in [7, 11) is 0. The zero-order valence-electron chi connectivity index (χ0n) is 16.7. The summed E-state index contributed by atoms with van der Waals surface area (Å²) in [4.78, 5) is 10.9. The van der Waals surface area contributed by atoms with Crippen LogP contribution in [0.4, 0.5) is 0 Å². The Morgan fingerprint density at radius 1 is 1.23 bits per heavy atom. The first-order valence-electron chi connectivity index (χ1n) is 10.2. The van der Waals surface area contributed by atoms with Crippen LogP contribution in [0.25, 0.3) is 0 Å². The lowest BCUT2D eigenvalue weighted by molar-refractivity contribution is 0.137. The number of aliphatic hydroxyl groups is 1. The van der Waals surface area contributed by atoms with Crippen molar-refractivity contribution in [1.82, 2.24) is 15.6 Å². The van der Waals surface area contributed by atoms with Crippen LogP contribution in [0.2, 0.25) is 0 Å². The number of hydrogen-bond donors (Lipinski definition) is 3. The zero-order valence-corrected chi connectivity index (χ0v) is 17.6. The number of aryl methyl sites for hydroxylation is 2. The average molecular weight is 381 g/mol. The van der Waals surface area contributed by atoms with Gasteiger partial charge in [0.15, 0.2) is 5.96 Å². The maximum absolute atomic E-state index is 9.48. The third-order valence-electron chi connectivity index (χ3n) is 5.38. The normalized spacial score (nSPS) is 17.3. The number of nitrogens with one attached hydrogen (secondary N) is 2. The first-order valence-corrected chi connectivity index (χ1v) is 11.0. The zero-order chi connectivity index (χ0) is 18.8. The van der Waals surface area contributed by atoms with Gasteiger partial charge in [-0.15, -0.1) is 11.3 Å². The Morgan fingerprint density at radius 3 is 2.62 bits per heavy atom. The van der Waals surface area contributed by atoms with E-state index in [0.29, 0.717) is 0 Å². The fourth-order valence-electron chi connectivity index (χ4n) is 3.83. The molecule has 1 aromatic heterocycles. The number of thiazole rings is 1. The molecule has 6 heteroatoms. The lowest BCUT2D eigenvalue weighted by atomic mass is 9.72. The van der Waals surface area contributed by atoms with Crippen molar-refractivity contribution in [3.63, 3.8) is 0 Å². The molecule has 1 aromatic rings. The quantitative estimate of drug-likeness (QED) is 0.453. The highest BCUT2D eigenvalue weighted by molar-refractivity contribution is 7.11. The molecule has 1 aliphatic carbocycles. The third kappa shape index (κ3) is 6.23. The summed E-state index contributed by atoms with van der Waals surface area (Å²) in [6, 6.07) is 0. The molecule has 0 unspecified atom stereocenters. The molecule has 0 aromatic carbocycles. The van der Waals surface area contributed by atoms with Gasteiger partial charge in [-0.3, -0.25) is 4.99 Å². The van der Waals surface area contributed by atoms with Crippen molar-refractivity contribution in [2.24, 2.45) is 10.4 Å². The third-order valence-corrected chi connectivity index (χ3v) is 6.45. The molecule has 5 nitrogen and oxygen atoms in total. The van der Waals surface area contributed by atoms with Crippen molar-refractivity contribution >= 4 is 17.3 Å². The monoisotopic (exact) mass is 380 g/mol. The highest BCUT2D eigenvalue weighted by atomic mass is 32.1. The van der Waals surface area contributed by atoms with Crippen molar-refractivity contribution in [1.29, 1.82) is 0 Å². The second-order valence-corrected chi connectivity index (χ2v) is 8.66. The van der Waals surface area contributed by atoms with E-state index in [4.69, 9.17) is 9.98 Å². The van der Waals surface area contributed by atoms with Crippen LogP contribution in [0.5, 0.6) is 0 Å². The first kappa shape index (κ1) is 21.2. The smallest absolute Gasteiger partial charge is 0.191 e. The van der Waals surface area contributed by atoms with Crippen LogP contribution < -0.4 is 10.6 Å². The molecule has 0 radical (unpaired) electrons. The molecular weight excluding hydrogens is 344 g/mol. The molecule has 1 aliphatic rings. The lowest BCUT2D eigenvalue weighted by Gasteiger charge is -2.35. The maximum Gasteiger partial charge on any atom is 0.191 e. The summed E-state index contributed by atoms with van der Waals surface area (Å²) in [5.74, 6) is 0.888. The van der Waals surface area contributed by atoms with E-state index in [9.17, 15) is 5.11 Å². The molecular formula is C20H36N4OS. The largest absolute Gasteiger partial charge is 0.396 e. The van der Waals surface area contributed by atoms with Gasteiger partial charge in [0.05, 0.1) is 10.7 Å². The fourth-order valence-corrected chi connectivity index (χ4v) is 4.85. The molecule has 0 spiro atoms. The minimum atomic E-state index is 0.192. The highest BCUT2D eigenvalue weighted by Crippen LogP contribution is 2.39. The predicted octanol–water partition coefficient (Wildman–Crippen LogP) is 3.44. The SMILES string of the molecule is CCNC(=NCC1(CCO)CCCCC1)NCCc1nc(CC)c(C)s1. The molecule has 0 amide bonds. The Labute approximate surface area is 162 Å². The molecule has 0 bridgehead atoms. The fraction of sp³-hybridized carbons (Fsp3) is 0.800. The molecule has 148 valence electrons. The van der Waals surface area contributed by atoms with Gasteiger partial charge in [0.1, 0.15) is 0 Å². The van der Waals surface area contributed by atoms with E-state index in [1.807, 2.05) is 0 Å². The van der Waals surface area contributed by atoms with Gasteiger partial charge >= 0.3 is 0 Å². The summed E-state index contributed by atoms with van der Waals surface area (Å²) in [5, 5.41) is 17.5. The second-order valence-electron chi connectivity index (χ2n) is 7.37. The summed E-state index contributed by atoms with van der Waals surface area (Å²) < 4.78 is 0. The van der Waals surface area contributed by atoms with E-state index in [1.54, 1.807) is 11.3 Å². The van der Waals surface area contributed by atoms with Crippen LogP contribution in [0, 0.1) is 12.3 Å². The van der Waals surface area contributed by atoms with Crippen LogP contribution in [0.3, 0.4) is 0 Å². The molecule has 1 heterocycles. The van der Waals surface area contributed by atoms with Gasteiger partial charge < -0.3 is 15.7 Å². The minimum Gasteiger partial charge on any atom is -0.396 e. The summed E-state index contributed by atoms with van der Waals surface area (Å²) in [6.45, 7) is 9.18. The summed E-state index contributed by atoms with van der Waals surface area (Å²) in [5.41, 5.74) is 1.42. The van der Waals surface area contributed by atoms with Crippen LogP contribution in [0.15, 0.2) is 4.99 Å². The van der Waals surface area contributed by atoms with Gasteiger partial charge in [0.2, 0.25) is 0 Å². The predicted molar refractivity (Wildman–Crippen MR) is 111 cm³/mol. The Morgan fingerprint density at radius 2 is 2.00 bits per heavy atom. The highest BCUT2D eigenvalue weighted by Gasteiger charge is 2.31. The molecule has 1 fully saturated rings. The average Bonchev–Trinajstić information content (AvgIpc) is 3.00. The van der Waals surface area contributed by atoms with E-state index in [0.717, 1.165) is 44.9 Å². The topological polar surface area (TPSA) is 69.5 Å². The van der Waals surface area contributed by atoms with Crippen LogP contribution >= 0.6 is 11.3 Å². The van der Waals surface area contributed by atoms with Gasteiger partial charge in [-0.2, -0.15) is 0 Å². The van der Waals surface area contributed by atoms with Gasteiger partial charge in [-0.25, -0.2) is 4.98 Å². The Hall–Kier alpha value is -1.14. The number of rotatable bonds is 9. The molecule has 0 aliphatic heterocycles. The standard InChI is InChI=1S/C20H36N4OS/c1-4-17-16(3)26-18(24-17)9-13-22-19(21-5-2)23-15-20(12-14-25)10-7-6-8-11-20/h25H,4-15H2,1-3H3,(H2,21,22,23). The Kier molecular flexibility index (Phi) is 8.85. The summed E-state index contributed by atoms with van der Waals surface area (Å²) in [6.07, 6.45) is 9.04. The number of guanidine groups is 1. The number of aliphatic imine (C=N–C) groups is 1.